The van der Waals surface area contributed by atoms with Crippen molar-refractivity contribution in [2.75, 3.05) is 26.8 Å². The number of carbonyl (C=O) groups is 3. The fourth-order valence-corrected chi connectivity index (χ4v) is 4.16. The summed E-state index contributed by atoms with van der Waals surface area (Å²) in [5.74, 6) is -0.811. The molecule has 3 amide bonds. The number of rotatable bonds is 4. The van der Waals surface area contributed by atoms with Gasteiger partial charge >= 0.3 is 12.2 Å². The van der Waals surface area contributed by atoms with Crippen molar-refractivity contribution in [3.63, 3.8) is 0 Å². The van der Waals surface area contributed by atoms with Gasteiger partial charge in [-0.15, -0.1) is 0 Å². The lowest BCUT2D eigenvalue weighted by atomic mass is 9.87. The van der Waals surface area contributed by atoms with Crippen molar-refractivity contribution in [3.8, 4) is 5.75 Å². The van der Waals surface area contributed by atoms with E-state index < -0.39 is 30.1 Å². The molecule has 3 unspecified atom stereocenters. The number of hydrogen-bond acceptors (Lipinski definition) is 5. The number of benzene rings is 2. The Kier molecular flexibility index (Phi) is 5.31. The Morgan fingerprint density at radius 3 is 2.37 bits per heavy atom. The van der Waals surface area contributed by atoms with Crippen LogP contribution in [0.1, 0.15) is 23.1 Å². The lowest BCUT2D eigenvalue weighted by Gasteiger charge is -2.25. The van der Waals surface area contributed by atoms with Crippen molar-refractivity contribution in [2.24, 2.45) is 5.92 Å². The van der Waals surface area contributed by atoms with E-state index >= 15 is 0 Å². The lowest BCUT2D eigenvalue weighted by Crippen LogP contribution is -2.41. The molecule has 0 saturated carbocycles. The van der Waals surface area contributed by atoms with Crippen LogP contribution in [-0.2, 0) is 9.53 Å². The predicted octanol–water partition coefficient (Wildman–Crippen LogP) is 3.11. The summed E-state index contributed by atoms with van der Waals surface area (Å²) in [6.45, 7) is 0.282. The number of methoxy groups -OCH3 is 1. The molecular formula is C22H22N2O6. The minimum Gasteiger partial charge on any atom is -0.497 e. The van der Waals surface area contributed by atoms with Crippen LogP contribution in [0, 0.1) is 5.92 Å². The SMILES string of the molecule is COc1ccc(C2CN(C(=O)O)CC2C(=O)N2C(=O)OCC2c2ccccc2)cc1. The smallest absolute Gasteiger partial charge is 0.417 e. The highest BCUT2D eigenvalue weighted by molar-refractivity contribution is 5.96. The molecule has 3 atom stereocenters. The van der Waals surface area contributed by atoms with Crippen molar-refractivity contribution >= 4 is 18.1 Å². The van der Waals surface area contributed by atoms with Crippen molar-refractivity contribution in [1.29, 1.82) is 0 Å². The van der Waals surface area contributed by atoms with Gasteiger partial charge in [-0.25, -0.2) is 14.5 Å². The van der Waals surface area contributed by atoms with Crippen LogP contribution in [0.2, 0.25) is 0 Å². The molecule has 8 nitrogen and oxygen atoms in total. The van der Waals surface area contributed by atoms with Crippen LogP contribution in [0.15, 0.2) is 54.6 Å². The van der Waals surface area contributed by atoms with Gasteiger partial charge < -0.3 is 19.5 Å². The Balaban J connectivity index is 1.65. The first kappa shape index (κ1) is 19.8. The highest BCUT2D eigenvalue weighted by atomic mass is 16.6. The third-order valence-corrected chi connectivity index (χ3v) is 5.75. The third kappa shape index (κ3) is 3.56. The molecule has 0 radical (unpaired) electrons. The summed E-state index contributed by atoms with van der Waals surface area (Å²) in [5, 5.41) is 9.50. The highest BCUT2D eigenvalue weighted by Crippen LogP contribution is 2.38. The summed E-state index contributed by atoms with van der Waals surface area (Å²) in [4.78, 5) is 39.9. The Hall–Kier alpha value is -3.55. The van der Waals surface area contributed by atoms with Gasteiger partial charge in [0.15, 0.2) is 0 Å². The van der Waals surface area contributed by atoms with Crippen LogP contribution in [0.25, 0.3) is 0 Å². The van der Waals surface area contributed by atoms with Crippen LogP contribution in [0.5, 0.6) is 5.75 Å². The van der Waals surface area contributed by atoms with E-state index in [2.05, 4.69) is 0 Å². The molecule has 4 rings (SSSR count). The fraction of sp³-hybridized carbons (Fsp3) is 0.318. The summed E-state index contributed by atoms with van der Waals surface area (Å²) >= 11 is 0. The number of ether oxygens (including phenoxy) is 2. The second kappa shape index (κ2) is 8.06. The van der Waals surface area contributed by atoms with Crippen LogP contribution in [0.4, 0.5) is 9.59 Å². The maximum absolute atomic E-state index is 13.5. The summed E-state index contributed by atoms with van der Waals surface area (Å²) in [6.07, 6.45) is -1.79. The van der Waals surface area contributed by atoms with Crippen molar-refractivity contribution in [3.05, 3.63) is 65.7 Å². The zero-order valence-corrected chi connectivity index (χ0v) is 16.4. The average molecular weight is 410 g/mol. The van der Waals surface area contributed by atoms with Crippen LogP contribution in [-0.4, -0.2) is 59.8 Å². The molecule has 2 aromatic rings. The maximum Gasteiger partial charge on any atom is 0.417 e. The molecule has 0 spiro atoms. The molecule has 2 fully saturated rings. The van der Waals surface area contributed by atoms with Gasteiger partial charge in [0.2, 0.25) is 5.91 Å². The second-order valence-electron chi connectivity index (χ2n) is 7.39. The average Bonchev–Trinajstić information content (AvgIpc) is 3.38. The molecule has 2 aromatic carbocycles. The van der Waals surface area contributed by atoms with Crippen LogP contribution >= 0.6 is 0 Å². The van der Waals surface area contributed by atoms with Gasteiger partial charge in [-0.05, 0) is 23.3 Å². The summed E-state index contributed by atoms with van der Waals surface area (Å²) < 4.78 is 10.4. The van der Waals surface area contributed by atoms with E-state index in [4.69, 9.17) is 9.47 Å². The first-order valence-electron chi connectivity index (χ1n) is 9.66. The van der Waals surface area contributed by atoms with E-state index in [9.17, 15) is 19.5 Å². The van der Waals surface area contributed by atoms with Crippen molar-refractivity contribution in [1.82, 2.24) is 9.80 Å². The summed E-state index contributed by atoms with van der Waals surface area (Å²) in [5.41, 5.74) is 1.62. The molecule has 30 heavy (non-hydrogen) atoms. The summed E-state index contributed by atoms with van der Waals surface area (Å²) in [7, 11) is 1.56. The molecule has 2 heterocycles. The van der Waals surface area contributed by atoms with E-state index in [1.165, 1.54) is 4.90 Å². The van der Waals surface area contributed by atoms with E-state index in [-0.39, 0.29) is 25.6 Å². The molecule has 0 bridgehead atoms. The Bertz CT molecular complexity index is 946. The van der Waals surface area contributed by atoms with E-state index in [1.807, 2.05) is 42.5 Å². The Labute approximate surface area is 173 Å². The van der Waals surface area contributed by atoms with Gasteiger partial charge in [-0.1, -0.05) is 42.5 Å². The normalized spacial score (nSPS) is 23.4. The molecule has 8 heteroatoms. The number of cyclic esters (lactones) is 1. The van der Waals surface area contributed by atoms with Crippen LogP contribution in [0.3, 0.4) is 0 Å². The Morgan fingerprint density at radius 2 is 1.73 bits per heavy atom. The van der Waals surface area contributed by atoms with Gasteiger partial charge in [0.05, 0.1) is 13.0 Å². The predicted molar refractivity (Wildman–Crippen MR) is 106 cm³/mol. The van der Waals surface area contributed by atoms with Gasteiger partial charge in [-0.3, -0.25) is 4.79 Å². The minimum absolute atomic E-state index is 0.0240. The van der Waals surface area contributed by atoms with Gasteiger partial charge in [-0.2, -0.15) is 0 Å². The standard InChI is InChI=1S/C22H22N2O6/c1-29-16-9-7-14(8-10-16)17-11-23(21(26)27)12-18(17)20(25)24-19(13-30-22(24)28)15-5-3-2-4-6-15/h2-10,17-19H,11-13H2,1H3,(H,26,27). The summed E-state index contributed by atoms with van der Waals surface area (Å²) in [6, 6.07) is 15.9. The maximum atomic E-state index is 13.5. The lowest BCUT2D eigenvalue weighted by molar-refractivity contribution is -0.133. The van der Waals surface area contributed by atoms with E-state index in [0.717, 1.165) is 16.0 Å². The van der Waals surface area contributed by atoms with Gasteiger partial charge in [0.25, 0.3) is 0 Å². The number of amides is 3. The zero-order chi connectivity index (χ0) is 21.3. The number of hydrogen-bond donors (Lipinski definition) is 1. The fourth-order valence-electron chi connectivity index (χ4n) is 4.16. The molecule has 2 aliphatic rings. The number of imide groups is 1. The number of carbonyl (C=O) groups excluding carboxylic acids is 2. The zero-order valence-electron chi connectivity index (χ0n) is 16.4. The molecule has 2 saturated heterocycles. The second-order valence-corrected chi connectivity index (χ2v) is 7.39. The first-order valence-corrected chi connectivity index (χ1v) is 9.66. The molecule has 2 aliphatic heterocycles. The van der Waals surface area contributed by atoms with Crippen molar-refractivity contribution < 1.29 is 29.0 Å². The monoisotopic (exact) mass is 410 g/mol. The minimum atomic E-state index is -1.09. The van der Waals surface area contributed by atoms with Crippen LogP contribution < -0.4 is 4.74 Å². The molecule has 1 N–H and O–H groups in total. The number of carboxylic acid groups (broad SMARTS) is 1. The first-order chi connectivity index (χ1) is 14.5. The Morgan fingerprint density at radius 1 is 1.03 bits per heavy atom. The molecule has 156 valence electrons. The molecule has 0 aliphatic carbocycles. The number of likely N-dealkylation sites (tertiary alicyclic amines) is 1. The molecule has 0 aromatic heterocycles. The van der Waals surface area contributed by atoms with E-state index in [1.54, 1.807) is 19.2 Å². The van der Waals surface area contributed by atoms with Gasteiger partial charge in [0, 0.05) is 19.0 Å². The molecular weight excluding hydrogens is 388 g/mol. The van der Waals surface area contributed by atoms with E-state index in [0.29, 0.717) is 5.75 Å². The largest absolute Gasteiger partial charge is 0.497 e. The topological polar surface area (TPSA) is 96.4 Å². The quantitative estimate of drug-likeness (QED) is 0.832. The third-order valence-electron chi connectivity index (χ3n) is 5.75. The van der Waals surface area contributed by atoms with Gasteiger partial charge in [0.1, 0.15) is 18.4 Å². The highest BCUT2D eigenvalue weighted by Gasteiger charge is 2.48. The van der Waals surface area contributed by atoms with Crippen molar-refractivity contribution in [2.45, 2.75) is 12.0 Å². The number of nitrogens with zero attached hydrogens (tertiary/aromatic N) is 2.